The van der Waals surface area contributed by atoms with Crippen LogP contribution in [-0.2, 0) is 4.79 Å². The fourth-order valence-electron chi connectivity index (χ4n) is 0.753. The van der Waals surface area contributed by atoms with Gasteiger partial charge in [0, 0.05) is 13.0 Å². The molecule has 0 saturated carbocycles. The second kappa shape index (κ2) is 5.23. The summed E-state index contributed by atoms with van der Waals surface area (Å²) in [6.07, 6.45) is 1.98. The minimum absolute atomic E-state index is 0.194. The van der Waals surface area contributed by atoms with Crippen molar-refractivity contribution in [1.82, 2.24) is 0 Å². The summed E-state index contributed by atoms with van der Waals surface area (Å²) >= 11 is 0. The number of primary amides is 1. The molecule has 3 N–H and O–H groups in total. The molecule has 0 rings (SSSR count). The number of hydrogen-bond donors (Lipinski definition) is 2. The van der Waals surface area contributed by atoms with E-state index in [4.69, 9.17) is 10.8 Å². The van der Waals surface area contributed by atoms with E-state index in [9.17, 15) is 4.79 Å². The Bertz CT molecular complexity index is 104. The Kier molecular flexibility index (Phi) is 4.94. The summed E-state index contributed by atoms with van der Waals surface area (Å²) in [5, 5.41) is 8.49. The fraction of sp³-hybridized carbons (Fsp3) is 0.857. The quantitative estimate of drug-likeness (QED) is 0.583. The lowest BCUT2D eigenvalue weighted by atomic mass is 10.0. The molecule has 0 aliphatic heterocycles. The average Bonchev–Trinajstić information content (AvgIpc) is 1.85. The van der Waals surface area contributed by atoms with Crippen LogP contribution in [0.4, 0.5) is 0 Å². The van der Waals surface area contributed by atoms with Crippen molar-refractivity contribution in [2.45, 2.75) is 26.2 Å². The third-order valence-electron chi connectivity index (χ3n) is 1.51. The molecule has 0 aliphatic rings. The van der Waals surface area contributed by atoms with Gasteiger partial charge in [-0.3, -0.25) is 4.79 Å². The zero-order valence-electron chi connectivity index (χ0n) is 6.34. The SMILES string of the molecule is C[C@H](CCO)CCC(N)=O. The summed E-state index contributed by atoms with van der Waals surface area (Å²) in [5.74, 6) is 0.141. The number of aliphatic hydroxyl groups excluding tert-OH is 1. The van der Waals surface area contributed by atoms with Gasteiger partial charge in [-0.1, -0.05) is 6.92 Å². The van der Waals surface area contributed by atoms with Crippen LogP contribution in [0.15, 0.2) is 0 Å². The van der Waals surface area contributed by atoms with Crippen LogP contribution in [0, 0.1) is 5.92 Å². The van der Waals surface area contributed by atoms with Crippen molar-refractivity contribution in [3.05, 3.63) is 0 Å². The molecule has 0 aromatic rings. The summed E-state index contributed by atoms with van der Waals surface area (Å²) in [7, 11) is 0. The number of nitrogens with two attached hydrogens (primary N) is 1. The van der Waals surface area contributed by atoms with Gasteiger partial charge in [-0.05, 0) is 18.8 Å². The molecule has 0 spiro atoms. The minimum atomic E-state index is -0.259. The highest BCUT2D eigenvalue weighted by Gasteiger charge is 2.02. The molecule has 1 atom stereocenters. The molecule has 0 aromatic carbocycles. The van der Waals surface area contributed by atoms with Crippen LogP contribution in [0.2, 0.25) is 0 Å². The molecule has 0 unspecified atom stereocenters. The van der Waals surface area contributed by atoms with Gasteiger partial charge >= 0.3 is 0 Å². The van der Waals surface area contributed by atoms with Crippen LogP contribution >= 0.6 is 0 Å². The van der Waals surface area contributed by atoms with Crippen molar-refractivity contribution < 1.29 is 9.90 Å². The van der Waals surface area contributed by atoms with E-state index in [1.807, 2.05) is 6.92 Å². The van der Waals surface area contributed by atoms with E-state index in [0.717, 1.165) is 12.8 Å². The van der Waals surface area contributed by atoms with Gasteiger partial charge in [0.15, 0.2) is 0 Å². The van der Waals surface area contributed by atoms with E-state index in [1.54, 1.807) is 0 Å². The zero-order valence-corrected chi connectivity index (χ0v) is 6.34. The molecule has 1 amide bonds. The van der Waals surface area contributed by atoms with Gasteiger partial charge in [0.2, 0.25) is 5.91 Å². The van der Waals surface area contributed by atoms with Crippen molar-refractivity contribution in [2.24, 2.45) is 11.7 Å². The first kappa shape index (κ1) is 9.43. The first-order valence-corrected chi connectivity index (χ1v) is 3.56. The molecular weight excluding hydrogens is 130 g/mol. The third kappa shape index (κ3) is 5.56. The van der Waals surface area contributed by atoms with Crippen LogP contribution in [-0.4, -0.2) is 17.6 Å². The van der Waals surface area contributed by atoms with Gasteiger partial charge in [-0.25, -0.2) is 0 Å². The maximum Gasteiger partial charge on any atom is 0.217 e. The number of rotatable bonds is 5. The van der Waals surface area contributed by atoms with Gasteiger partial charge in [0.25, 0.3) is 0 Å². The largest absolute Gasteiger partial charge is 0.396 e. The van der Waals surface area contributed by atoms with Gasteiger partial charge in [-0.2, -0.15) is 0 Å². The van der Waals surface area contributed by atoms with Gasteiger partial charge < -0.3 is 10.8 Å². The van der Waals surface area contributed by atoms with Crippen molar-refractivity contribution in [1.29, 1.82) is 0 Å². The molecule has 10 heavy (non-hydrogen) atoms. The maximum atomic E-state index is 10.3. The molecule has 0 bridgehead atoms. The molecule has 0 fully saturated rings. The summed E-state index contributed by atoms with van der Waals surface area (Å²) < 4.78 is 0. The van der Waals surface area contributed by atoms with E-state index in [2.05, 4.69) is 0 Å². The predicted molar refractivity (Wildman–Crippen MR) is 39.3 cm³/mol. The highest BCUT2D eigenvalue weighted by molar-refractivity contribution is 5.73. The van der Waals surface area contributed by atoms with Crippen molar-refractivity contribution in [3.8, 4) is 0 Å². The summed E-state index contributed by atoms with van der Waals surface area (Å²) in [5.41, 5.74) is 4.94. The lowest BCUT2D eigenvalue weighted by molar-refractivity contribution is -0.118. The molecular formula is C7H15NO2. The van der Waals surface area contributed by atoms with Crippen LogP contribution in [0.25, 0.3) is 0 Å². The molecule has 60 valence electrons. The van der Waals surface area contributed by atoms with Crippen LogP contribution in [0.3, 0.4) is 0 Å². The average molecular weight is 145 g/mol. The first-order chi connectivity index (χ1) is 4.66. The van der Waals surface area contributed by atoms with Gasteiger partial charge in [-0.15, -0.1) is 0 Å². The van der Waals surface area contributed by atoms with Crippen molar-refractivity contribution >= 4 is 5.91 Å². The summed E-state index contributed by atoms with van der Waals surface area (Å²) in [4.78, 5) is 10.3. The normalized spacial score (nSPS) is 13.0. The van der Waals surface area contributed by atoms with E-state index in [0.29, 0.717) is 12.3 Å². The maximum absolute atomic E-state index is 10.3. The lowest BCUT2D eigenvalue weighted by Crippen LogP contribution is -2.12. The number of hydrogen-bond acceptors (Lipinski definition) is 2. The first-order valence-electron chi connectivity index (χ1n) is 3.56. The Hall–Kier alpha value is -0.570. The molecule has 0 saturated heterocycles. The smallest absolute Gasteiger partial charge is 0.217 e. The Morgan fingerprint density at radius 2 is 2.20 bits per heavy atom. The van der Waals surface area contributed by atoms with Crippen LogP contribution in [0.1, 0.15) is 26.2 Å². The molecule has 0 radical (unpaired) electrons. The Balaban J connectivity index is 3.21. The molecule has 0 heterocycles. The van der Waals surface area contributed by atoms with E-state index >= 15 is 0 Å². The highest BCUT2D eigenvalue weighted by Crippen LogP contribution is 2.08. The highest BCUT2D eigenvalue weighted by atomic mass is 16.3. The Morgan fingerprint density at radius 3 is 2.60 bits per heavy atom. The second-order valence-electron chi connectivity index (χ2n) is 2.62. The minimum Gasteiger partial charge on any atom is -0.396 e. The van der Waals surface area contributed by atoms with Crippen LogP contribution in [0.5, 0.6) is 0 Å². The third-order valence-corrected chi connectivity index (χ3v) is 1.51. The standard InChI is InChI=1S/C7H15NO2/c1-6(4-5-9)2-3-7(8)10/h6,9H,2-5H2,1H3,(H2,8,10)/t6-/m0/s1. The molecule has 0 aromatic heterocycles. The predicted octanol–water partition coefficient (Wildman–Crippen LogP) is 0.270. The van der Waals surface area contributed by atoms with Crippen LogP contribution < -0.4 is 5.73 Å². The summed E-state index contributed by atoms with van der Waals surface area (Å²) in [6, 6.07) is 0. The topological polar surface area (TPSA) is 63.3 Å². The summed E-state index contributed by atoms with van der Waals surface area (Å²) in [6.45, 7) is 2.19. The lowest BCUT2D eigenvalue weighted by Gasteiger charge is -2.06. The molecule has 0 aliphatic carbocycles. The number of aliphatic hydroxyl groups is 1. The van der Waals surface area contributed by atoms with E-state index < -0.39 is 0 Å². The monoisotopic (exact) mass is 145 g/mol. The fourth-order valence-corrected chi connectivity index (χ4v) is 0.753. The number of amides is 1. The van der Waals surface area contributed by atoms with Gasteiger partial charge in [0.05, 0.1) is 0 Å². The zero-order chi connectivity index (χ0) is 7.98. The second-order valence-corrected chi connectivity index (χ2v) is 2.62. The van der Waals surface area contributed by atoms with Crippen molar-refractivity contribution in [2.75, 3.05) is 6.61 Å². The Morgan fingerprint density at radius 1 is 1.60 bits per heavy atom. The molecule has 3 nitrogen and oxygen atoms in total. The van der Waals surface area contributed by atoms with Gasteiger partial charge in [0.1, 0.15) is 0 Å². The molecule has 3 heteroatoms. The van der Waals surface area contributed by atoms with E-state index in [-0.39, 0.29) is 12.5 Å². The Labute approximate surface area is 61.2 Å². The van der Waals surface area contributed by atoms with E-state index in [1.165, 1.54) is 0 Å². The number of carbonyl (C=O) groups excluding carboxylic acids is 1. The number of carbonyl (C=O) groups is 1. The van der Waals surface area contributed by atoms with Crippen molar-refractivity contribution in [3.63, 3.8) is 0 Å².